The molecule has 0 aliphatic carbocycles. The summed E-state index contributed by atoms with van der Waals surface area (Å²) >= 11 is 0. The van der Waals surface area contributed by atoms with Crippen molar-refractivity contribution in [2.24, 2.45) is 0 Å². The van der Waals surface area contributed by atoms with Crippen molar-refractivity contribution >= 4 is 5.97 Å². The first-order valence-corrected chi connectivity index (χ1v) is 6.52. The molecule has 0 spiro atoms. The van der Waals surface area contributed by atoms with Gasteiger partial charge in [0.15, 0.2) is 0 Å². The molecular weight excluding hydrogens is 242 g/mol. The van der Waals surface area contributed by atoms with Crippen molar-refractivity contribution < 1.29 is 14.3 Å². The molecular formula is C15H19NO3. The molecule has 0 aromatic heterocycles. The molecule has 0 bridgehead atoms. The van der Waals surface area contributed by atoms with E-state index < -0.39 is 0 Å². The van der Waals surface area contributed by atoms with Crippen LogP contribution in [0.25, 0.3) is 0 Å². The molecule has 1 rings (SSSR count). The third-order valence-electron chi connectivity index (χ3n) is 2.60. The van der Waals surface area contributed by atoms with Crippen LogP contribution >= 0.6 is 0 Å². The van der Waals surface area contributed by atoms with Crippen LogP contribution in [0.1, 0.15) is 43.5 Å². The number of carbonyl (C=O) groups is 1. The minimum Gasteiger partial charge on any atom is -0.489 e. The summed E-state index contributed by atoms with van der Waals surface area (Å²) in [4.78, 5) is 11.6. The standard InChI is InChI=1S/C15H19NO3/c1-3-11-18-15(17)12-5-7-14(8-6-12)19-13(4-2)9-10-16/h5-8,13H,3-4,9,11H2,1-2H3. The second-order valence-electron chi connectivity index (χ2n) is 4.17. The van der Waals surface area contributed by atoms with Crippen LogP contribution in [0.2, 0.25) is 0 Å². The van der Waals surface area contributed by atoms with Crippen LogP contribution in [0, 0.1) is 11.3 Å². The fourth-order valence-electron chi connectivity index (χ4n) is 1.51. The zero-order chi connectivity index (χ0) is 14.1. The van der Waals surface area contributed by atoms with Gasteiger partial charge in [-0.1, -0.05) is 13.8 Å². The fraction of sp³-hybridized carbons (Fsp3) is 0.467. The van der Waals surface area contributed by atoms with Gasteiger partial charge in [-0.05, 0) is 37.1 Å². The lowest BCUT2D eigenvalue weighted by Gasteiger charge is -2.14. The van der Waals surface area contributed by atoms with Crippen LogP contribution < -0.4 is 4.74 Å². The Kier molecular flexibility index (Phi) is 6.45. The summed E-state index contributed by atoms with van der Waals surface area (Å²) in [6.45, 7) is 4.35. The number of benzene rings is 1. The Balaban J connectivity index is 2.61. The SMILES string of the molecule is CCCOC(=O)c1ccc(OC(CC)CC#N)cc1. The van der Waals surface area contributed by atoms with Gasteiger partial charge in [-0.15, -0.1) is 0 Å². The molecule has 0 aliphatic heterocycles. The lowest BCUT2D eigenvalue weighted by atomic mass is 10.2. The Morgan fingerprint density at radius 1 is 1.32 bits per heavy atom. The minimum atomic E-state index is -0.322. The quantitative estimate of drug-likeness (QED) is 0.706. The van der Waals surface area contributed by atoms with Gasteiger partial charge < -0.3 is 9.47 Å². The molecule has 0 saturated carbocycles. The van der Waals surface area contributed by atoms with E-state index in [4.69, 9.17) is 14.7 Å². The maximum atomic E-state index is 11.6. The number of hydrogen-bond acceptors (Lipinski definition) is 4. The van der Waals surface area contributed by atoms with Crippen molar-refractivity contribution in [2.75, 3.05) is 6.61 Å². The summed E-state index contributed by atoms with van der Waals surface area (Å²) in [5.41, 5.74) is 0.508. The Bertz CT molecular complexity index is 434. The van der Waals surface area contributed by atoms with Crippen LogP contribution in [0.3, 0.4) is 0 Å². The lowest BCUT2D eigenvalue weighted by Crippen LogP contribution is -2.14. The highest BCUT2D eigenvalue weighted by Crippen LogP contribution is 2.16. The van der Waals surface area contributed by atoms with Gasteiger partial charge in [-0.2, -0.15) is 5.26 Å². The Morgan fingerprint density at radius 3 is 2.53 bits per heavy atom. The van der Waals surface area contributed by atoms with E-state index in [0.29, 0.717) is 24.3 Å². The molecule has 1 aromatic rings. The fourth-order valence-corrected chi connectivity index (χ4v) is 1.51. The van der Waals surface area contributed by atoms with Crippen molar-refractivity contribution in [3.05, 3.63) is 29.8 Å². The van der Waals surface area contributed by atoms with Gasteiger partial charge in [0, 0.05) is 0 Å². The van der Waals surface area contributed by atoms with E-state index >= 15 is 0 Å². The number of nitrogens with zero attached hydrogens (tertiary/aromatic N) is 1. The average molecular weight is 261 g/mol. The molecule has 0 radical (unpaired) electrons. The molecule has 4 nitrogen and oxygen atoms in total. The summed E-state index contributed by atoms with van der Waals surface area (Å²) in [5, 5.41) is 8.65. The second kappa shape index (κ2) is 8.15. The van der Waals surface area contributed by atoms with Crippen LogP contribution in [-0.2, 0) is 4.74 Å². The first kappa shape index (κ1) is 15.0. The smallest absolute Gasteiger partial charge is 0.338 e. The van der Waals surface area contributed by atoms with Gasteiger partial charge in [-0.3, -0.25) is 0 Å². The highest BCUT2D eigenvalue weighted by Gasteiger charge is 2.09. The zero-order valence-corrected chi connectivity index (χ0v) is 11.4. The molecule has 1 unspecified atom stereocenters. The maximum Gasteiger partial charge on any atom is 0.338 e. The summed E-state index contributed by atoms with van der Waals surface area (Å²) in [6.07, 6.45) is 1.83. The van der Waals surface area contributed by atoms with Gasteiger partial charge in [0.1, 0.15) is 11.9 Å². The molecule has 4 heteroatoms. The topological polar surface area (TPSA) is 59.3 Å². The summed E-state index contributed by atoms with van der Waals surface area (Å²) in [6, 6.07) is 8.89. The summed E-state index contributed by atoms with van der Waals surface area (Å²) in [7, 11) is 0. The van der Waals surface area contributed by atoms with Gasteiger partial charge in [-0.25, -0.2) is 4.79 Å². The molecule has 0 heterocycles. The highest BCUT2D eigenvalue weighted by molar-refractivity contribution is 5.89. The van der Waals surface area contributed by atoms with E-state index in [-0.39, 0.29) is 12.1 Å². The monoisotopic (exact) mass is 261 g/mol. The van der Waals surface area contributed by atoms with Crippen LogP contribution in [0.15, 0.2) is 24.3 Å². The molecule has 1 atom stereocenters. The molecule has 1 aromatic carbocycles. The molecule has 19 heavy (non-hydrogen) atoms. The predicted octanol–water partition coefficient (Wildman–Crippen LogP) is 3.32. The molecule has 102 valence electrons. The maximum absolute atomic E-state index is 11.6. The predicted molar refractivity (Wildman–Crippen MR) is 72.0 cm³/mol. The van der Waals surface area contributed by atoms with E-state index in [1.807, 2.05) is 13.8 Å². The normalized spacial score (nSPS) is 11.4. The number of ether oxygens (including phenoxy) is 2. The van der Waals surface area contributed by atoms with E-state index in [9.17, 15) is 4.79 Å². The molecule has 0 N–H and O–H groups in total. The van der Waals surface area contributed by atoms with Gasteiger partial charge in [0.2, 0.25) is 0 Å². The number of carbonyl (C=O) groups excluding carboxylic acids is 1. The van der Waals surface area contributed by atoms with Crippen molar-refractivity contribution in [3.63, 3.8) is 0 Å². The number of rotatable bonds is 7. The molecule has 0 saturated heterocycles. The Morgan fingerprint density at radius 2 is 2.00 bits per heavy atom. The third-order valence-corrected chi connectivity index (χ3v) is 2.60. The number of nitriles is 1. The first-order valence-electron chi connectivity index (χ1n) is 6.52. The van der Waals surface area contributed by atoms with Crippen LogP contribution in [0.4, 0.5) is 0 Å². The van der Waals surface area contributed by atoms with E-state index in [2.05, 4.69) is 6.07 Å². The Labute approximate surface area is 113 Å². The zero-order valence-electron chi connectivity index (χ0n) is 11.4. The first-order chi connectivity index (χ1) is 9.21. The highest BCUT2D eigenvalue weighted by atomic mass is 16.5. The Hall–Kier alpha value is -2.02. The summed E-state index contributed by atoms with van der Waals surface area (Å²) < 4.78 is 10.7. The lowest BCUT2D eigenvalue weighted by molar-refractivity contribution is 0.0505. The molecule has 0 amide bonds. The average Bonchev–Trinajstić information content (AvgIpc) is 2.45. The van der Waals surface area contributed by atoms with E-state index in [1.54, 1.807) is 24.3 Å². The van der Waals surface area contributed by atoms with Crippen molar-refractivity contribution in [3.8, 4) is 11.8 Å². The van der Waals surface area contributed by atoms with Gasteiger partial charge >= 0.3 is 5.97 Å². The van der Waals surface area contributed by atoms with Gasteiger partial charge in [0.25, 0.3) is 0 Å². The largest absolute Gasteiger partial charge is 0.489 e. The van der Waals surface area contributed by atoms with Gasteiger partial charge in [0.05, 0.1) is 24.7 Å². The van der Waals surface area contributed by atoms with Crippen LogP contribution in [-0.4, -0.2) is 18.7 Å². The van der Waals surface area contributed by atoms with Crippen molar-refractivity contribution in [2.45, 2.75) is 39.2 Å². The third kappa shape index (κ3) is 5.01. The number of esters is 1. The van der Waals surface area contributed by atoms with Crippen molar-refractivity contribution in [1.29, 1.82) is 5.26 Å². The second-order valence-corrected chi connectivity index (χ2v) is 4.17. The van der Waals surface area contributed by atoms with Crippen LogP contribution in [0.5, 0.6) is 5.75 Å². The summed E-state index contributed by atoms with van der Waals surface area (Å²) in [5.74, 6) is 0.339. The van der Waals surface area contributed by atoms with Crippen molar-refractivity contribution in [1.82, 2.24) is 0 Å². The number of hydrogen-bond donors (Lipinski definition) is 0. The van der Waals surface area contributed by atoms with E-state index in [1.165, 1.54) is 0 Å². The molecule has 0 aliphatic rings. The minimum absolute atomic E-state index is 0.108. The van der Waals surface area contributed by atoms with E-state index in [0.717, 1.165) is 12.8 Å². The molecule has 0 fully saturated rings.